The minimum Gasteiger partial charge on any atom is -0.340 e. The number of benzene rings is 3. The quantitative estimate of drug-likeness (QED) is 0.273. The Labute approximate surface area is 216 Å². The van der Waals surface area contributed by atoms with Crippen LogP contribution in [-0.4, -0.2) is 32.5 Å². The molecule has 5 aromatic rings. The van der Waals surface area contributed by atoms with Crippen molar-refractivity contribution in [3.05, 3.63) is 114 Å². The molecule has 184 valence electrons. The molecule has 1 fully saturated rings. The first kappa shape index (κ1) is 23.0. The summed E-state index contributed by atoms with van der Waals surface area (Å²) in [6, 6.07) is 32.0. The molecule has 1 N–H and O–H groups in total. The zero-order valence-corrected chi connectivity index (χ0v) is 21.0. The second kappa shape index (κ2) is 9.54. The number of nitrogens with one attached hydrogen (secondary N) is 1. The average Bonchev–Trinajstić information content (AvgIpc) is 3.71. The van der Waals surface area contributed by atoms with E-state index >= 15 is 0 Å². The van der Waals surface area contributed by atoms with Crippen LogP contribution < -0.4 is 5.32 Å². The molecule has 0 saturated heterocycles. The van der Waals surface area contributed by atoms with E-state index in [4.69, 9.17) is 10.1 Å². The van der Waals surface area contributed by atoms with Crippen LogP contribution in [0.4, 0.5) is 11.5 Å². The lowest BCUT2D eigenvalue weighted by Gasteiger charge is -2.25. The normalized spacial score (nSPS) is 13.9. The first-order valence-corrected chi connectivity index (χ1v) is 12.7. The third kappa shape index (κ3) is 4.70. The Morgan fingerprint density at radius 2 is 1.62 bits per heavy atom. The SMILES string of the molecule is C[C@H](c1ccccc1)N(C)C(=O)c1ccc(Nc2cc(-c3ccccc3)nc3cc(C4CC4)nn23)cc1. The van der Waals surface area contributed by atoms with Gasteiger partial charge in [-0.05, 0) is 49.6 Å². The molecular formula is C31H29N5O. The van der Waals surface area contributed by atoms with Crippen LogP contribution >= 0.6 is 0 Å². The minimum absolute atomic E-state index is 0.0123. The second-order valence-corrected chi connectivity index (χ2v) is 9.71. The Morgan fingerprint density at radius 3 is 2.30 bits per heavy atom. The Bertz CT molecular complexity index is 1540. The van der Waals surface area contributed by atoms with Crippen LogP contribution in [0.1, 0.15) is 53.3 Å². The summed E-state index contributed by atoms with van der Waals surface area (Å²) in [6.07, 6.45) is 2.37. The maximum absolute atomic E-state index is 13.2. The molecule has 6 rings (SSSR count). The van der Waals surface area contributed by atoms with Crippen LogP contribution in [-0.2, 0) is 0 Å². The molecule has 1 amide bonds. The summed E-state index contributed by atoms with van der Waals surface area (Å²) in [6.45, 7) is 2.04. The van der Waals surface area contributed by atoms with E-state index in [1.54, 1.807) is 4.90 Å². The third-order valence-corrected chi connectivity index (χ3v) is 7.10. The highest BCUT2D eigenvalue weighted by Gasteiger charge is 2.27. The highest BCUT2D eigenvalue weighted by atomic mass is 16.2. The largest absolute Gasteiger partial charge is 0.340 e. The number of carbonyl (C=O) groups is 1. The zero-order chi connectivity index (χ0) is 25.4. The van der Waals surface area contributed by atoms with Gasteiger partial charge in [0.15, 0.2) is 5.65 Å². The van der Waals surface area contributed by atoms with Crippen molar-refractivity contribution in [3.8, 4) is 11.3 Å². The Hall–Kier alpha value is -4.45. The number of anilines is 2. The summed E-state index contributed by atoms with van der Waals surface area (Å²) in [7, 11) is 1.85. The first-order chi connectivity index (χ1) is 18.1. The van der Waals surface area contributed by atoms with Crippen molar-refractivity contribution in [3.63, 3.8) is 0 Å². The summed E-state index contributed by atoms with van der Waals surface area (Å²) in [5.74, 6) is 1.36. The molecule has 0 unspecified atom stereocenters. The number of amides is 1. The van der Waals surface area contributed by atoms with Crippen LogP contribution in [0.3, 0.4) is 0 Å². The molecule has 6 heteroatoms. The molecule has 2 heterocycles. The van der Waals surface area contributed by atoms with Gasteiger partial charge >= 0.3 is 0 Å². The van der Waals surface area contributed by atoms with Crippen LogP contribution in [0.5, 0.6) is 0 Å². The molecule has 2 aromatic heterocycles. The number of rotatable bonds is 7. The maximum Gasteiger partial charge on any atom is 0.254 e. The van der Waals surface area contributed by atoms with E-state index in [0.717, 1.165) is 39.7 Å². The Morgan fingerprint density at radius 1 is 0.946 bits per heavy atom. The molecule has 1 atom stereocenters. The van der Waals surface area contributed by atoms with E-state index < -0.39 is 0 Å². The van der Waals surface area contributed by atoms with Crippen molar-refractivity contribution < 1.29 is 4.79 Å². The molecule has 0 bridgehead atoms. The lowest BCUT2D eigenvalue weighted by atomic mass is 10.1. The van der Waals surface area contributed by atoms with Gasteiger partial charge in [-0.3, -0.25) is 4.79 Å². The predicted molar refractivity (Wildman–Crippen MR) is 147 cm³/mol. The number of fused-ring (bicyclic) bond motifs is 1. The van der Waals surface area contributed by atoms with Gasteiger partial charge in [0.25, 0.3) is 5.91 Å². The van der Waals surface area contributed by atoms with Gasteiger partial charge < -0.3 is 10.2 Å². The molecule has 1 aliphatic carbocycles. The maximum atomic E-state index is 13.2. The fourth-order valence-corrected chi connectivity index (χ4v) is 4.60. The molecule has 1 saturated carbocycles. The first-order valence-electron chi connectivity index (χ1n) is 12.7. The highest BCUT2D eigenvalue weighted by Crippen LogP contribution is 2.40. The number of aromatic nitrogens is 3. The fraction of sp³-hybridized carbons (Fsp3) is 0.194. The fourth-order valence-electron chi connectivity index (χ4n) is 4.60. The number of carbonyl (C=O) groups excluding carboxylic acids is 1. The lowest BCUT2D eigenvalue weighted by Crippen LogP contribution is -2.29. The van der Waals surface area contributed by atoms with Gasteiger partial charge in [-0.2, -0.15) is 9.61 Å². The van der Waals surface area contributed by atoms with Crippen molar-refractivity contribution >= 4 is 23.1 Å². The van der Waals surface area contributed by atoms with E-state index in [2.05, 4.69) is 23.5 Å². The van der Waals surface area contributed by atoms with Gasteiger partial charge in [0.05, 0.1) is 17.4 Å². The molecule has 37 heavy (non-hydrogen) atoms. The highest BCUT2D eigenvalue weighted by molar-refractivity contribution is 5.94. The Balaban J connectivity index is 1.27. The minimum atomic E-state index is -0.0199. The van der Waals surface area contributed by atoms with Crippen LogP contribution in [0.25, 0.3) is 16.9 Å². The van der Waals surface area contributed by atoms with Crippen molar-refractivity contribution in [2.75, 3.05) is 12.4 Å². The number of nitrogens with zero attached hydrogens (tertiary/aromatic N) is 4. The van der Waals surface area contributed by atoms with Crippen molar-refractivity contribution in [1.29, 1.82) is 0 Å². The van der Waals surface area contributed by atoms with E-state index in [1.165, 1.54) is 12.8 Å². The predicted octanol–water partition coefficient (Wildman–Crippen LogP) is 6.85. The number of hydrogen-bond acceptors (Lipinski definition) is 4. The van der Waals surface area contributed by atoms with Gasteiger partial charge in [-0.1, -0.05) is 60.7 Å². The summed E-state index contributed by atoms with van der Waals surface area (Å²) in [4.78, 5) is 19.8. The van der Waals surface area contributed by atoms with Gasteiger partial charge in [0.1, 0.15) is 5.82 Å². The average molecular weight is 488 g/mol. The number of hydrogen-bond donors (Lipinski definition) is 1. The summed E-state index contributed by atoms with van der Waals surface area (Å²) in [5.41, 5.74) is 6.50. The second-order valence-electron chi connectivity index (χ2n) is 9.71. The molecule has 0 aliphatic heterocycles. The van der Waals surface area contributed by atoms with Crippen molar-refractivity contribution in [2.45, 2.75) is 31.7 Å². The molecule has 6 nitrogen and oxygen atoms in total. The van der Waals surface area contributed by atoms with Gasteiger partial charge in [-0.25, -0.2) is 4.98 Å². The lowest BCUT2D eigenvalue weighted by molar-refractivity contribution is 0.0742. The third-order valence-electron chi connectivity index (χ3n) is 7.10. The summed E-state index contributed by atoms with van der Waals surface area (Å²) in [5, 5.41) is 8.36. The van der Waals surface area contributed by atoms with Crippen LogP contribution in [0, 0.1) is 0 Å². The smallest absolute Gasteiger partial charge is 0.254 e. The molecule has 0 spiro atoms. The van der Waals surface area contributed by atoms with Crippen molar-refractivity contribution in [2.24, 2.45) is 0 Å². The van der Waals surface area contributed by atoms with E-state index in [0.29, 0.717) is 11.5 Å². The molecule has 1 aliphatic rings. The monoisotopic (exact) mass is 487 g/mol. The van der Waals surface area contributed by atoms with E-state index in [9.17, 15) is 4.79 Å². The topological polar surface area (TPSA) is 62.5 Å². The summed E-state index contributed by atoms with van der Waals surface area (Å²) >= 11 is 0. The molecule has 3 aromatic carbocycles. The van der Waals surface area contributed by atoms with E-state index in [-0.39, 0.29) is 11.9 Å². The standard InChI is InChI=1S/C31H29N5O/c1-21(22-9-5-3-6-10-22)35(2)31(37)25-15-17-26(18-16-25)32-29-19-27(23-11-7-4-8-12-23)33-30-20-28(24-13-14-24)34-36(29)30/h3-12,15-21,24,32H,13-14H2,1-2H3/t21-/m1/s1. The molecule has 0 radical (unpaired) electrons. The zero-order valence-electron chi connectivity index (χ0n) is 21.0. The Kier molecular flexibility index (Phi) is 5.93. The van der Waals surface area contributed by atoms with Crippen molar-refractivity contribution in [1.82, 2.24) is 19.5 Å². The van der Waals surface area contributed by atoms with Crippen LogP contribution in [0.15, 0.2) is 97.1 Å². The van der Waals surface area contributed by atoms with Gasteiger partial charge in [-0.15, -0.1) is 0 Å². The van der Waals surface area contributed by atoms with Crippen LogP contribution in [0.2, 0.25) is 0 Å². The van der Waals surface area contributed by atoms with E-state index in [1.807, 2.05) is 97.3 Å². The summed E-state index contributed by atoms with van der Waals surface area (Å²) < 4.78 is 1.88. The van der Waals surface area contributed by atoms with Gasteiger partial charge in [0, 0.05) is 41.9 Å². The molecular weight excluding hydrogens is 458 g/mol. The van der Waals surface area contributed by atoms with Gasteiger partial charge in [0.2, 0.25) is 0 Å².